The maximum atomic E-state index is 13.6. The van der Waals surface area contributed by atoms with Gasteiger partial charge in [0.2, 0.25) is 5.95 Å². The van der Waals surface area contributed by atoms with Crippen molar-refractivity contribution in [2.24, 2.45) is 0 Å². The van der Waals surface area contributed by atoms with Gasteiger partial charge in [0.1, 0.15) is 11.6 Å². The average Bonchev–Trinajstić information content (AvgIpc) is 2.49. The molecule has 0 aliphatic heterocycles. The zero-order chi connectivity index (χ0) is 16.4. The van der Waals surface area contributed by atoms with E-state index in [1.54, 1.807) is 24.4 Å². The van der Waals surface area contributed by atoms with Crippen LogP contribution in [0.4, 0.5) is 14.7 Å². The van der Waals surface area contributed by atoms with Gasteiger partial charge in [-0.2, -0.15) is 0 Å². The van der Waals surface area contributed by atoms with Crippen LogP contribution in [0.5, 0.6) is 11.5 Å². The first-order valence-corrected chi connectivity index (χ1v) is 7.17. The molecule has 0 saturated carbocycles. The Morgan fingerprint density at radius 2 is 1.91 bits per heavy atom. The van der Waals surface area contributed by atoms with Crippen molar-refractivity contribution in [2.75, 3.05) is 5.32 Å². The maximum absolute atomic E-state index is 13.6. The summed E-state index contributed by atoms with van der Waals surface area (Å²) < 4.78 is 32.0. The van der Waals surface area contributed by atoms with Crippen LogP contribution in [0, 0.1) is 11.6 Å². The summed E-state index contributed by atoms with van der Waals surface area (Å²) >= 11 is 0. The van der Waals surface area contributed by atoms with E-state index in [0.717, 1.165) is 23.0 Å². The molecular formula is C17H15F2N3O. The topological polar surface area (TPSA) is 47.0 Å². The quantitative estimate of drug-likeness (QED) is 0.769. The molecule has 0 spiro atoms. The van der Waals surface area contributed by atoms with Crippen LogP contribution < -0.4 is 10.1 Å². The minimum Gasteiger partial charge on any atom is -0.454 e. The van der Waals surface area contributed by atoms with E-state index in [0.29, 0.717) is 11.7 Å². The summed E-state index contributed by atoms with van der Waals surface area (Å²) in [5.74, 6) is -0.462. The van der Waals surface area contributed by atoms with E-state index in [1.807, 2.05) is 13.8 Å². The molecule has 3 rings (SSSR count). The van der Waals surface area contributed by atoms with Gasteiger partial charge < -0.3 is 10.1 Å². The number of ether oxygens (including phenoxy) is 1. The number of nitrogens with one attached hydrogen (secondary N) is 1. The lowest BCUT2D eigenvalue weighted by molar-refractivity contribution is 0.438. The largest absolute Gasteiger partial charge is 0.454 e. The normalized spacial score (nSPS) is 11.0. The van der Waals surface area contributed by atoms with Gasteiger partial charge >= 0.3 is 0 Å². The summed E-state index contributed by atoms with van der Waals surface area (Å²) in [6, 6.07) is 8.56. The number of halogens is 2. The molecule has 23 heavy (non-hydrogen) atoms. The minimum absolute atomic E-state index is 0.0373. The summed E-state index contributed by atoms with van der Waals surface area (Å²) in [6.45, 7) is 4.00. The Bertz CT molecular complexity index is 852. The second-order valence-corrected chi connectivity index (χ2v) is 5.39. The summed E-state index contributed by atoms with van der Waals surface area (Å²) in [5.41, 5.74) is 0.745. The summed E-state index contributed by atoms with van der Waals surface area (Å²) in [5, 5.41) is 3.89. The zero-order valence-corrected chi connectivity index (χ0v) is 12.7. The van der Waals surface area contributed by atoms with Crippen LogP contribution in [0.15, 0.2) is 42.6 Å². The van der Waals surface area contributed by atoms with Gasteiger partial charge in [-0.3, -0.25) is 0 Å². The van der Waals surface area contributed by atoms with Gasteiger partial charge in [0, 0.05) is 23.7 Å². The number of fused-ring (bicyclic) bond motifs is 1. The van der Waals surface area contributed by atoms with Gasteiger partial charge in [0.25, 0.3) is 0 Å². The fourth-order valence-corrected chi connectivity index (χ4v) is 2.09. The number of benzene rings is 2. The van der Waals surface area contributed by atoms with Crippen molar-refractivity contribution in [3.05, 3.63) is 54.2 Å². The Balaban J connectivity index is 1.88. The molecule has 0 bridgehead atoms. The Labute approximate surface area is 132 Å². The first-order chi connectivity index (χ1) is 11.0. The van der Waals surface area contributed by atoms with E-state index < -0.39 is 11.6 Å². The van der Waals surface area contributed by atoms with Crippen LogP contribution in [0.1, 0.15) is 13.8 Å². The molecule has 4 nitrogen and oxygen atoms in total. The maximum Gasteiger partial charge on any atom is 0.223 e. The summed E-state index contributed by atoms with van der Waals surface area (Å²) in [6.07, 6.45) is 1.67. The second kappa shape index (κ2) is 6.16. The molecule has 3 aromatic rings. The van der Waals surface area contributed by atoms with E-state index >= 15 is 0 Å². The van der Waals surface area contributed by atoms with Crippen LogP contribution in [-0.4, -0.2) is 16.0 Å². The smallest absolute Gasteiger partial charge is 0.223 e. The monoisotopic (exact) mass is 315 g/mol. The minimum atomic E-state index is -0.752. The third kappa shape index (κ3) is 3.53. The highest BCUT2D eigenvalue weighted by Crippen LogP contribution is 2.27. The number of hydrogen-bond donors (Lipinski definition) is 1. The lowest BCUT2D eigenvalue weighted by Crippen LogP contribution is -2.12. The number of nitrogens with zero attached hydrogens (tertiary/aromatic N) is 2. The molecule has 0 radical (unpaired) electrons. The van der Waals surface area contributed by atoms with Gasteiger partial charge in [0.15, 0.2) is 11.6 Å². The molecule has 2 aromatic carbocycles. The predicted molar refractivity (Wildman–Crippen MR) is 84.7 cm³/mol. The highest BCUT2D eigenvalue weighted by Gasteiger charge is 2.08. The van der Waals surface area contributed by atoms with Crippen LogP contribution in [0.2, 0.25) is 0 Å². The zero-order valence-electron chi connectivity index (χ0n) is 12.7. The predicted octanol–water partition coefficient (Wildman–Crippen LogP) is 4.52. The van der Waals surface area contributed by atoms with Gasteiger partial charge in [-0.15, -0.1) is 0 Å². The van der Waals surface area contributed by atoms with Gasteiger partial charge in [-0.25, -0.2) is 18.7 Å². The fraction of sp³-hybridized carbons (Fsp3) is 0.176. The molecular weight excluding hydrogens is 300 g/mol. The highest BCUT2D eigenvalue weighted by molar-refractivity contribution is 5.80. The number of anilines is 1. The van der Waals surface area contributed by atoms with Crippen LogP contribution >= 0.6 is 0 Å². The van der Waals surface area contributed by atoms with E-state index in [4.69, 9.17) is 4.74 Å². The number of hydrogen-bond acceptors (Lipinski definition) is 4. The van der Waals surface area contributed by atoms with E-state index in [9.17, 15) is 8.78 Å². The first-order valence-electron chi connectivity index (χ1n) is 7.17. The Morgan fingerprint density at radius 1 is 1.09 bits per heavy atom. The molecule has 0 atom stereocenters. The molecule has 1 heterocycles. The lowest BCUT2D eigenvalue weighted by atomic mass is 10.2. The van der Waals surface area contributed by atoms with Crippen molar-refractivity contribution in [2.45, 2.75) is 19.9 Å². The number of aromatic nitrogens is 2. The second-order valence-electron chi connectivity index (χ2n) is 5.39. The van der Waals surface area contributed by atoms with Crippen molar-refractivity contribution in [3.8, 4) is 11.5 Å². The SMILES string of the molecule is CC(C)Nc1ncc2cc(Oc3ccc(F)cc3F)ccc2n1. The highest BCUT2D eigenvalue weighted by atomic mass is 19.1. The van der Waals surface area contributed by atoms with Gasteiger partial charge in [-0.05, 0) is 44.2 Å². The Kier molecular flexibility index (Phi) is 4.06. The standard InChI is InChI=1S/C17H15F2N3O/c1-10(2)21-17-20-9-11-7-13(4-5-15(11)22-17)23-16-6-3-12(18)8-14(16)19/h3-10H,1-2H3,(H,20,21,22). The average molecular weight is 315 g/mol. The molecule has 118 valence electrons. The van der Waals surface area contributed by atoms with E-state index in [2.05, 4.69) is 15.3 Å². The molecule has 6 heteroatoms. The van der Waals surface area contributed by atoms with Crippen molar-refractivity contribution >= 4 is 16.9 Å². The first kappa shape index (κ1) is 15.1. The molecule has 1 aromatic heterocycles. The third-order valence-corrected chi connectivity index (χ3v) is 3.09. The van der Waals surface area contributed by atoms with Gasteiger partial charge in [0.05, 0.1) is 5.52 Å². The van der Waals surface area contributed by atoms with Gasteiger partial charge in [-0.1, -0.05) is 0 Å². The molecule has 0 saturated heterocycles. The van der Waals surface area contributed by atoms with Crippen molar-refractivity contribution < 1.29 is 13.5 Å². The van der Waals surface area contributed by atoms with Crippen molar-refractivity contribution in [1.29, 1.82) is 0 Å². The van der Waals surface area contributed by atoms with E-state index in [1.165, 1.54) is 6.07 Å². The van der Waals surface area contributed by atoms with Crippen molar-refractivity contribution in [3.63, 3.8) is 0 Å². The summed E-state index contributed by atoms with van der Waals surface area (Å²) in [7, 11) is 0. The molecule has 0 fully saturated rings. The van der Waals surface area contributed by atoms with Crippen molar-refractivity contribution in [1.82, 2.24) is 9.97 Å². The lowest BCUT2D eigenvalue weighted by Gasteiger charge is -2.10. The fourth-order valence-electron chi connectivity index (χ4n) is 2.09. The third-order valence-electron chi connectivity index (χ3n) is 3.09. The molecule has 0 unspecified atom stereocenters. The number of rotatable bonds is 4. The van der Waals surface area contributed by atoms with Crippen LogP contribution in [0.25, 0.3) is 10.9 Å². The summed E-state index contributed by atoms with van der Waals surface area (Å²) in [4.78, 5) is 8.61. The Hall–Kier alpha value is -2.76. The van der Waals surface area contributed by atoms with Crippen LogP contribution in [-0.2, 0) is 0 Å². The molecule has 0 amide bonds. The Morgan fingerprint density at radius 3 is 2.65 bits per heavy atom. The molecule has 0 aliphatic carbocycles. The van der Waals surface area contributed by atoms with E-state index in [-0.39, 0.29) is 11.8 Å². The molecule has 0 aliphatic rings. The van der Waals surface area contributed by atoms with Crippen LogP contribution in [0.3, 0.4) is 0 Å². The molecule has 1 N–H and O–H groups in total.